The maximum absolute atomic E-state index is 10.9. The van der Waals surface area contributed by atoms with Crippen molar-refractivity contribution in [2.24, 2.45) is 0 Å². The Labute approximate surface area is 98.6 Å². The summed E-state index contributed by atoms with van der Waals surface area (Å²) in [4.78, 5) is 12.5. The molecule has 1 unspecified atom stereocenters. The van der Waals surface area contributed by atoms with Crippen molar-refractivity contribution in [3.05, 3.63) is 23.8 Å². The summed E-state index contributed by atoms with van der Waals surface area (Å²) >= 11 is 0. The number of fused-ring (bicyclic) bond motifs is 1. The van der Waals surface area contributed by atoms with Crippen LogP contribution in [0, 0.1) is 6.92 Å². The van der Waals surface area contributed by atoms with Crippen LogP contribution in [0.3, 0.4) is 0 Å². The maximum Gasteiger partial charge on any atom is 0.326 e. The minimum Gasteiger partial charge on any atom is -0.480 e. The number of carbonyl (C=O) groups is 1. The molecule has 5 nitrogen and oxygen atoms in total. The average molecular weight is 234 g/mol. The largest absolute Gasteiger partial charge is 0.480 e. The first kappa shape index (κ1) is 11.4. The molecule has 2 aromatic rings. The smallest absolute Gasteiger partial charge is 0.326 e. The fourth-order valence-corrected chi connectivity index (χ4v) is 1.63. The third kappa shape index (κ3) is 1.95. The van der Waals surface area contributed by atoms with E-state index < -0.39 is 12.0 Å². The van der Waals surface area contributed by atoms with E-state index in [1.54, 1.807) is 18.9 Å². The fraction of sp³-hybridized carbons (Fsp3) is 0.333. The van der Waals surface area contributed by atoms with Gasteiger partial charge in [0, 0.05) is 7.05 Å². The van der Waals surface area contributed by atoms with Crippen molar-refractivity contribution in [2.75, 3.05) is 11.9 Å². The number of benzene rings is 1. The number of hydrogen-bond donors (Lipinski definition) is 1. The number of rotatable bonds is 3. The van der Waals surface area contributed by atoms with Crippen LogP contribution in [0.25, 0.3) is 11.0 Å². The van der Waals surface area contributed by atoms with Gasteiger partial charge in [-0.15, -0.1) is 0 Å². The van der Waals surface area contributed by atoms with Gasteiger partial charge in [-0.1, -0.05) is 11.2 Å². The molecule has 0 saturated heterocycles. The lowest BCUT2D eigenvalue weighted by atomic mass is 10.2. The van der Waals surface area contributed by atoms with Gasteiger partial charge in [0.25, 0.3) is 0 Å². The molecule has 2 rings (SSSR count). The Bertz CT molecular complexity index is 562. The second-order valence-corrected chi connectivity index (χ2v) is 4.13. The van der Waals surface area contributed by atoms with Gasteiger partial charge in [-0.3, -0.25) is 0 Å². The zero-order chi connectivity index (χ0) is 12.6. The molecule has 0 radical (unpaired) electrons. The number of aromatic nitrogens is 1. The Morgan fingerprint density at radius 2 is 2.24 bits per heavy atom. The first-order valence-electron chi connectivity index (χ1n) is 5.32. The van der Waals surface area contributed by atoms with E-state index in [9.17, 15) is 4.79 Å². The molecule has 90 valence electrons. The minimum absolute atomic E-state index is 0.551. The van der Waals surface area contributed by atoms with Crippen LogP contribution in [0.4, 0.5) is 5.82 Å². The van der Waals surface area contributed by atoms with E-state index in [0.717, 1.165) is 10.9 Å². The monoisotopic (exact) mass is 234 g/mol. The fourth-order valence-electron chi connectivity index (χ4n) is 1.63. The van der Waals surface area contributed by atoms with E-state index in [2.05, 4.69) is 5.16 Å². The topological polar surface area (TPSA) is 66.6 Å². The zero-order valence-electron chi connectivity index (χ0n) is 9.97. The van der Waals surface area contributed by atoms with Gasteiger partial charge in [0.1, 0.15) is 6.04 Å². The van der Waals surface area contributed by atoms with Crippen LogP contribution >= 0.6 is 0 Å². The van der Waals surface area contributed by atoms with Gasteiger partial charge in [-0.05, 0) is 31.5 Å². The summed E-state index contributed by atoms with van der Waals surface area (Å²) in [5.74, 6) is -0.342. The number of hydrogen-bond acceptors (Lipinski definition) is 4. The third-order valence-electron chi connectivity index (χ3n) is 2.88. The number of anilines is 1. The molecule has 1 aromatic heterocycles. The number of carboxylic acid groups (broad SMARTS) is 1. The molecule has 0 fully saturated rings. The van der Waals surface area contributed by atoms with Crippen LogP contribution in [0.5, 0.6) is 0 Å². The number of likely N-dealkylation sites (N-methyl/N-ethyl adjacent to an activating group) is 1. The molecule has 1 N–H and O–H groups in total. The molecule has 0 aliphatic rings. The van der Waals surface area contributed by atoms with Gasteiger partial charge in [-0.2, -0.15) is 0 Å². The molecule has 0 saturated carbocycles. The molecular weight excluding hydrogens is 220 g/mol. The van der Waals surface area contributed by atoms with E-state index in [4.69, 9.17) is 9.63 Å². The molecule has 1 heterocycles. The van der Waals surface area contributed by atoms with E-state index in [1.807, 2.05) is 25.1 Å². The summed E-state index contributed by atoms with van der Waals surface area (Å²) in [5, 5.41) is 13.7. The standard InChI is InChI=1S/C12H14N2O3/c1-7-4-5-9-10(6-7)17-13-11(9)14(3)8(2)12(15)16/h4-6,8H,1-3H3,(H,15,16). The number of carboxylic acids is 1. The quantitative estimate of drug-likeness (QED) is 0.880. The van der Waals surface area contributed by atoms with E-state index in [-0.39, 0.29) is 0 Å². The summed E-state index contributed by atoms with van der Waals surface area (Å²) in [6, 6.07) is 5.07. The van der Waals surface area contributed by atoms with Gasteiger partial charge in [0.05, 0.1) is 5.39 Å². The zero-order valence-corrected chi connectivity index (χ0v) is 9.97. The molecule has 0 aliphatic carbocycles. The predicted octanol–water partition coefficient (Wildman–Crippen LogP) is 2.05. The molecule has 5 heteroatoms. The molecular formula is C12H14N2O3. The van der Waals surface area contributed by atoms with Crippen LogP contribution in [0.15, 0.2) is 22.7 Å². The SMILES string of the molecule is Cc1ccc2c(N(C)C(C)C(=O)O)noc2c1. The molecule has 0 amide bonds. The summed E-state index contributed by atoms with van der Waals surface area (Å²) in [6.45, 7) is 3.57. The highest BCUT2D eigenvalue weighted by Gasteiger charge is 2.21. The molecule has 0 bridgehead atoms. The lowest BCUT2D eigenvalue weighted by molar-refractivity contribution is -0.138. The Kier molecular flexibility index (Phi) is 2.75. The van der Waals surface area contributed by atoms with Crippen molar-refractivity contribution in [1.29, 1.82) is 0 Å². The van der Waals surface area contributed by atoms with E-state index >= 15 is 0 Å². The van der Waals surface area contributed by atoms with Crippen LogP contribution in [-0.4, -0.2) is 29.3 Å². The van der Waals surface area contributed by atoms with Crippen molar-refractivity contribution in [3.63, 3.8) is 0 Å². The summed E-state index contributed by atoms with van der Waals surface area (Å²) in [5.41, 5.74) is 1.75. The van der Waals surface area contributed by atoms with E-state index in [0.29, 0.717) is 11.4 Å². The molecule has 1 atom stereocenters. The van der Waals surface area contributed by atoms with Gasteiger partial charge in [0.2, 0.25) is 0 Å². The maximum atomic E-state index is 10.9. The summed E-state index contributed by atoms with van der Waals surface area (Å²) in [6.07, 6.45) is 0. The first-order chi connectivity index (χ1) is 8.00. The van der Waals surface area contributed by atoms with Gasteiger partial charge < -0.3 is 14.5 Å². The number of aryl methyl sites for hydroxylation is 1. The van der Waals surface area contributed by atoms with Crippen LogP contribution in [0.1, 0.15) is 12.5 Å². The summed E-state index contributed by atoms with van der Waals surface area (Å²) < 4.78 is 5.20. The second kappa shape index (κ2) is 4.08. The minimum atomic E-state index is -0.893. The van der Waals surface area contributed by atoms with Gasteiger partial charge in [0.15, 0.2) is 11.4 Å². The Morgan fingerprint density at radius 1 is 1.53 bits per heavy atom. The van der Waals surface area contributed by atoms with Crippen LogP contribution in [-0.2, 0) is 4.79 Å². The summed E-state index contributed by atoms with van der Waals surface area (Å²) in [7, 11) is 1.69. The molecule has 1 aromatic carbocycles. The highest BCUT2D eigenvalue weighted by molar-refractivity contribution is 5.90. The van der Waals surface area contributed by atoms with Crippen LogP contribution < -0.4 is 4.90 Å². The van der Waals surface area contributed by atoms with Crippen molar-refractivity contribution in [1.82, 2.24) is 5.16 Å². The van der Waals surface area contributed by atoms with Crippen molar-refractivity contribution < 1.29 is 14.4 Å². The second-order valence-electron chi connectivity index (χ2n) is 4.13. The Balaban J connectivity index is 2.46. The van der Waals surface area contributed by atoms with Crippen LogP contribution in [0.2, 0.25) is 0 Å². The molecule has 0 aliphatic heterocycles. The third-order valence-corrected chi connectivity index (χ3v) is 2.88. The van der Waals surface area contributed by atoms with Crippen molar-refractivity contribution >= 4 is 22.8 Å². The number of aliphatic carboxylic acids is 1. The highest BCUT2D eigenvalue weighted by atomic mass is 16.5. The van der Waals surface area contributed by atoms with Crippen molar-refractivity contribution in [2.45, 2.75) is 19.9 Å². The van der Waals surface area contributed by atoms with Gasteiger partial charge in [-0.25, -0.2) is 4.79 Å². The normalized spacial score (nSPS) is 12.6. The molecule has 0 spiro atoms. The van der Waals surface area contributed by atoms with E-state index in [1.165, 1.54) is 0 Å². The Hall–Kier alpha value is -2.04. The number of nitrogens with zero attached hydrogens (tertiary/aromatic N) is 2. The lowest BCUT2D eigenvalue weighted by Gasteiger charge is -2.20. The highest BCUT2D eigenvalue weighted by Crippen LogP contribution is 2.27. The van der Waals surface area contributed by atoms with Crippen molar-refractivity contribution in [3.8, 4) is 0 Å². The predicted molar refractivity (Wildman–Crippen MR) is 64.2 cm³/mol. The molecule has 17 heavy (non-hydrogen) atoms. The lowest BCUT2D eigenvalue weighted by Crippen LogP contribution is -2.36. The Morgan fingerprint density at radius 3 is 2.88 bits per heavy atom. The van der Waals surface area contributed by atoms with Gasteiger partial charge >= 0.3 is 5.97 Å². The average Bonchev–Trinajstić information content (AvgIpc) is 2.69. The first-order valence-corrected chi connectivity index (χ1v) is 5.32.